The third kappa shape index (κ3) is 7.54. The van der Waals surface area contributed by atoms with E-state index >= 15 is 0 Å². The molecule has 1 aromatic rings. The van der Waals surface area contributed by atoms with Crippen molar-refractivity contribution in [1.29, 1.82) is 0 Å². The monoisotopic (exact) mass is 472 g/mol. The van der Waals surface area contributed by atoms with E-state index in [0.29, 0.717) is 25.7 Å². The van der Waals surface area contributed by atoms with Crippen molar-refractivity contribution in [3.05, 3.63) is 46.6 Å². The number of aromatic hydroxyl groups is 1. The Kier molecular flexibility index (Phi) is 9.26. The Labute approximate surface area is 203 Å². The van der Waals surface area contributed by atoms with Crippen LogP contribution in [0.5, 0.6) is 11.5 Å². The second-order valence-corrected chi connectivity index (χ2v) is 10.3. The number of phenols is 1. The zero-order chi connectivity index (χ0) is 25.7. The molecule has 2 rings (SSSR count). The highest BCUT2D eigenvalue weighted by molar-refractivity contribution is 5.92. The van der Waals surface area contributed by atoms with Crippen molar-refractivity contribution in [1.82, 2.24) is 0 Å². The summed E-state index contributed by atoms with van der Waals surface area (Å²) in [4.78, 5) is 24.9. The topological polar surface area (TPSA) is 93.1 Å². The van der Waals surface area contributed by atoms with Crippen LogP contribution < -0.4 is 4.74 Å². The molecule has 2 atom stereocenters. The number of carbonyl (C=O) groups excluding carboxylic acids is 2. The van der Waals surface area contributed by atoms with Gasteiger partial charge in [0.15, 0.2) is 11.6 Å². The first-order valence-corrected chi connectivity index (χ1v) is 11.9. The van der Waals surface area contributed by atoms with Gasteiger partial charge in [0, 0.05) is 18.4 Å². The van der Waals surface area contributed by atoms with Gasteiger partial charge < -0.3 is 19.7 Å². The lowest BCUT2D eigenvalue weighted by atomic mass is 9.91. The fourth-order valence-electron chi connectivity index (χ4n) is 4.40. The van der Waals surface area contributed by atoms with Crippen molar-refractivity contribution >= 4 is 11.6 Å². The van der Waals surface area contributed by atoms with E-state index in [2.05, 4.69) is 0 Å². The van der Waals surface area contributed by atoms with Crippen molar-refractivity contribution in [2.75, 3.05) is 7.11 Å². The van der Waals surface area contributed by atoms with Crippen LogP contribution in [0.3, 0.4) is 0 Å². The molecule has 2 N–H and O–H groups in total. The lowest BCUT2D eigenvalue weighted by Gasteiger charge is -2.28. The van der Waals surface area contributed by atoms with Crippen molar-refractivity contribution < 1.29 is 29.3 Å². The number of methoxy groups -OCH3 is 1. The van der Waals surface area contributed by atoms with Gasteiger partial charge in [-0.05, 0) is 91.0 Å². The number of carbonyl (C=O) groups is 2. The van der Waals surface area contributed by atoms with Crippen molar-refractivity contribution in [2.24, 2.45) is 0 Å². The molecule has 1 heterocycles. The number of aryl methyl sites for hydroxylation is 1. The summed E-state index contributed by atoms with van der Waals surface area (Å²) in [5.41, 5.74) is 1.74. The Morgan fingerprint density at radius 1 is 1.29 bits per heavy atom. The Morgan fingerprint density at radius 3 is 2.56 bits per heavy atom. The van der Waals surface area contributed by atoms with Gasteiger partial charge in [-0.3, -0.25) is 9.59 Å². The normalized spacial score (nSPS) is 21.8. The van der Waals surface area contributed by atoms with Crippen LogP contribution in [0.1, 0.15) is 77.8 Å². The average Bonchev–Trinajstić information content (AvgIpc) is 3.01. The van der Waals surface area contributed by atoms with E-state index in [-0.39, 0.29) is 23.7 Å². The van der Waals surface area contributed by atoms with Crippen LogP contribution in [-0.2, 0) is 20.7 Å². The minimum absolute atomic E-state index is 0.0247. The summed E-state index contributed by atoms with van der Waals surface area (Å²) in [6, 6.07) is 3.35. The van der Waals surface area contributed by atoms with Crippen LogP contribution >= 0.6 is 0 Å². The second-order valence-electron chi connectivity index (χ2n) is 10.3. The minimum atomic E-state index is -1.05. The molecule has 1 fully saturated rings. The predicted octanol–water partition coefficient (Wildman–Crippen LogP) is 5.16. The van der Waals surface area contributed by atoms with Crippen LogP contribution in [0.15, 0.2) is 35.4 Å². The van der Waals surface area contributed by atoms with Gasteiger partial charge in [0.2, 0.25) is 0 Å². The lowest BCUT2D eigenvalue weighted by Crippen LogP contribution is -2.38. The third-order valence-corrected chi connectivity index (χ3v) is 6.45. The maximum atomic E-state index is 12.5. The molecule has 188 valence electrons. The predicted molar refractivity (Wildman–Crippen MR) is 133 cm³/mol. The van der Waals surface area contributed by atoms with Crippen molar-refractivity contribution in [2.45, 2.75) is 97.4 Å². The first kappa shape index (κ1) is 27.8. The number of Topliss-reactive ketones (excluding diaryl/α,β-unsaturated/α-hetero) is 1. The average molecular weight is 473 g/mol. The molecule has 6 heteroatoms. The Hall–Kier alpha value is -2.44. The van der Waals surface area contributed by atoms with E-state index in [1.807, 2.05) is 26.8 Å². The Morgan fingerprint density at radius 2 is 1.97 bits per heavy atom. The largest absolute Gasteiger partial charge is 0.508 e. The molecule has 2 unspecified atom stereocenters. The van der Waals surface area contributed by atoms with Gasteiger partial charge in [0.05, 0.1) is 18.8 Å². The zero-order valence-electron chi connectivity index (χ0n) is 21.7. The highest BCUT2D eigenvalue weighted by Gasteiger charge is 2.48. The fraction of sp³-hybridized carbons (Fsp3) is 0.571. The quantitative estimate of drug-likeness (QED) is 0.341. The SMILES string of the molecule is COc1c(C)cc(O)cc1CC=C(C)CC(=O)C=C(C)CCCC1(C)OC(C(C)(C)O)CC1=O. The van der Waals surface area contributed by atoms with Crippen LogP contribution in [0.25, 0.3) is 0 Å². The summed E-state index contributed by atoms with van der Waals surface area (Å²) in [5.74, 6) is 1.00. The molecule has 6 nitrogen and oxygen atoms in total. The van der Waals surface area contributed by atoms with Crippen LogP contribution in [0.2, 0.25) is 0 Å². The molecule has 1 aromatic carbocycles. The number of ketones is 2. The molecule has 1 aliphatic rings. The molecule has 0 aromatic heterocycles. The summed E-state index contributed by atoms with van der Waals surface area (Å²) in [5, 5.41) is 20.0. The fourth-order valence-corrected chi connectivity index (χ4v) is 4.40. The standard InChI is InChI=1S/C28H40O6/c1-18(9-8-12-28(6)24(31)17-25(34-28)27(4,5)32)13-22(29)14-19(2)10-11-21-16-23(30)15-20(3)26(21)33-7/h10,13,15-16,25,30,32H,8-9,11-12,14,17H2,1-7H3. The number of aliphatic hydroxyl groups is 1. The first-order valence-electron chi connectivity index (χ1n) is 11.9. The second kappa shape index (κ2) is 11.3. The molecule has 0 aliphatic carbocycles. The minimum Gasteiger partial charge on any atom is -0.508 e. The van der Waals surface area contributed by atoms with Gasteiger partial charge in [-0.25, -0.2) is 0 Å². The van der Waals surface area contributed by atoms with E-state index in [4.69, 9.17) is 9.47 Å². The maximum Gasteiger partial charge on any atom is 0.167 e. The van der Waals surface area contributed by atoms with E-state index in [0.717, 1.165) is 34.4 Å². The highest BCUT2D eigenvalue weighted by atomic mass is 16.5. The number of rotatable bonds is 11. The number of benzene rings is 1. The van der Waals surface area contributed by atoms with Crippen LogP contribution in [-0.4, -0.2) is 46.2 Å². The lowest BCUT2D eigenvalue weighted by molar-refractivity contribution is -0.141. The van der Waals surface area contributed by atoms with E-state index in [1.54, 1.807) is 46.1 Å². The van der Waals surface area contributed by atoms with Crippen LogP contribution in [0, 0.1) is 6.92 Å². The van der Waals surface area contributed by atoms with Gasteiger partial charge in [0.1, 0.15) is 17.1 Å². The number of phenolic OH excluding ortho intramolecular Hbond substituents is 1. The molecule has 0 saturated carbocycles. The van der Waals surface area contributed by atoms with Gasteiger partial charge >= 0.3 is 0 Å². The van der Waals surface area contributed by atoms with E-state index < -0.39 is 17.3 Å². The summed E-state index contributed by atoms with van der Waals surface area (Å²) in [6.45, 7) is 10.8. The summed E-state index contributed by atoms with van der Waals surface area (Å²) < 4.78 is 11.4. The molecule has 0 radical (unpaired) electrons. The third-order valence-electron chi connectivity index (χ3n) is 6.45. The smallest absolute Gasteiger partial charge is 0.167 e. The Bertz CT molecular complexity index is 966. The summed E-state index contributed by atoms with van der Waals surface area (Å²) in [7, 11) is 1.61. The molecule has 1 saturated heterocycles. The first-order chi connectivity index (χ1) is 15.7. The number of hydrogen-bond donors (Lipinski definition) is 2. The molecule has 0 amide bonds. The van der Waals surface area contributed by atoms with Crippen molar-refractivity contribution in [3.63, 3.8) is 0 Å². The molecule has 34 heavy (non-hydrogen) atoms. The van der Waals surface area contributed by atoms with E-state index in [9.17, 15) is 19.8 Å². The molecular formula is C28H40O6. The number of allylic oxidation sites excluding steroid dienone is 4. The molecule has 0 bridgehead atoms. The molecule has 0 spiro atoms. The summed E-state index contributed by atoms with van der Waals surface area (Å²) in [6.07, 6.45) is 6.28. The zero-order valence-corrected chi connectivity index (χ0v) is 21.7. The Balaban J connectivity index is 1.87. The maximum absolute atomic E-state index is 12.5. The summed E-state index contributed by atoms with van der Waals surface area (Å²) >= 11 is 0. The highest BCUT2D eigenvalue weighted by Crippen LogP contribution is 2.36. The number of hydrogen-bond acceptors (Lipinski definition) is 6. The molecule has 1 aliphatic heterocycles. The van der Waals surface area contributed by atoms with Crippen molar-refractivity contribution in [3.8, 4) is 11.5 Å². The van der Waals surface area contributed by atoms with E-state index in [1.165, 1.54) is 0 Å². The van der Waals surface area contributed by atoms with Gasteiger partial charge in [0.25, 0.3) is 0 Å². The molecular weight excluding hydrogens is 432 g/mol. The van der Waals surface area contributed by atoms with Gasteiger partial charge in [-0.2, -0.15) is 0 Å². The number of ether oxygens (including phenoxy) is 2. The van der Waals surface area contributed by atoms with Crippen LogP contribution in [0.4, 0.5) is 0 Å². The van der Waals surface area contributed by atoms with Gasteiger partial charge in [-0.1, -0.05) is 17.2 Å². The van der Waals surface area contributed by atoms with Gasteiger partial charge in [-0.15, -0.1) is 0 Å².